The van der Waals surface area contributed by atoms with Gasteiger partial charge >= 0.3 is 0 Å². The minimum Gasteiger partial charge on any atom is -0.284 e. The molecule has 1 rings (SSSR count). The van der Waals surface area contributed by atoms with Crippen LogP contribution in [-0.2, 0) is 9.59 Å². The molecule has 11 heavy (non-hydrogen) atoms. The van der Waals surface area contributed by atoms with E-state index in [0.717, 1.165) is 0 Å². The lowest BCUT2D eigenvalue weighted by Gasteiger charge is -2.43. The van der Waals surface area contributed by atoms with Gasteiger partial charge in [0.15, 0.2) is 0 Å². The summed E-state index contributed by atoms with van der Waals surface area (Å²) in [5.74, 6) is -0.0417. The van der Waals surface area contributed by atoms with Gasteiger partial charge in [0.1, 0.15) is 5.41 Å². The Morgan fingerprint density at radius 3 is 1.73 bits per heavy atom. The third-order valence-electron chi connectivity index (χ3n) is 2.64. The molecule has 0 spiro atoms. The van der Waals surface area contributed by atoms with Crippen LogP contribution in [0.4, 0.5) is 0 Å². The standard InChI is InChI=1S/C8H13NO2/c1-4-8(5-2)6(10)9(3)7(8)11/h4-5H2,1-3H3. The zero-order valence-electron chi connectivity index (χ0n) is 7.18. The molecule has 1 aliphatic heterocycles. The number of nitrogens with zero attached hydrogens (tertiary/aromatic N) is 1. The Bertz CT molecular complexity index is 188. The molecule has 0 unspecified atom stereocenters. The van der Waals surface area contributed by atoms with Crippen LogP contribution < -0.4 is 0 Å². The van der Waals surface area contributed by atoms with Gasteiger partial charge in [-0.25, -0.2) is 0 Å². The van der Waals surface area contributed by atoms with Gasteiger partial charge in [0.25, 0.3) is 0 Å². The molecule has 0 bridgehead atoms. The van der Waals surface area contributed by atoms with Crippen molar-refractivity contribution < 1.29 is 9.59 Å². The van der Waals surface area contributed by atoms with Gasteiger partial charge in [-0.05, 0) is 12.8 Å². The molecule has 0 aromatic carbocycles. The first kappa shape index (κ1) is 8.24. The Kier molecular flexibility index (Phi) is 1.74. The van der Waals surface area contributed by atoms with Crippen molar-refractivity contribution in [2.24, 2.45) is 5.41 Å². The first-order valence-corrected chi connectivity index (χ1v) is 3.92. The van der Waals surface area contributed by atoms with Gasteiger partial charge in [0.05, 0.1) is 0 Å². The number of β-lactam (4-membered cyclic amide) rings is 2. The molecule has 2 amide bonds. The molecule has 0 aliphatic carbocycles. The van der Waals surface area contributed by atoms with Crippen molar-refractivity contribution in [3.63, 3.8) is 0 Å². The predicted molar refractivity (Wildman–Crippen MR) is 40.8 cm³/mol. The first-order chi connectivity index (χ1) is 5.10. The lowest BCUT2D eigenvalue weighted by molar-refractivity contribution is -0.175. The van der Waals surface area contributed by atoms with Gasteiger partial charge in [-0.1, -0.05) is 13.8 Å². The van der Waals surface area contributed by atoms with Gasteiger partial charge in [-0.2, -0.15) is 0 Å². The summed E-state index contributed by atoms with van der Waals surface area (Å²) in [6.45, 7) is 3.76. The van der Waals surface area contributed by atoms with E-state index in [-0.39, 0.29) is 11.8 Å². The van der Waals surface area contributed by atoms with Crippen LogP contribution in [0.25, 0.3) is 0 Å². The largest absolute Gasteiger partial charge is 0.284 e. The summed E-state index contributed by atoms with van der Waals surface area (Å²) in [6, 6.07) is 0. The van der Waals surface area contributed by atoms with E-state index in [1.807, 2.05) is 13.8 Å². The molecule has 0 N–H and O–H groups in total. The third kappa shape index (κ3) is 0.737. The maximum Gasteiger partial charge on any atom is 0.244 e. The number of carbonyl (C=O) groups is 2. The van der Waals surface area contributed by atoms with Crippen LogP contribution in [0.1, 0.15) is 26.7 Å². The minimum absolute atomic E-state index is 0.0208. The number of rotatable bonds is 2. The maximum atomic E-state index is 11.3. The Balaban J connectivity index is 2.88. The van der Waals surface area contributed by atoms with Crippen molar-refractivity contribution in [2.45, 2.75) is 26.7 Å². The number of imide groups is 1. The molecule has 3 nitrogen and oxygen atoms in total. The normalized spacial score (nSPS) is 21.9. The molecule has 0 aromatic heterocycles. The molecule has 1 fully saturated rings. The summed E-state index contributed by atoms with van der Waals surface area (Å²) in [6.07, 6.45) is 1.26. The molecule has 0 aromatic rings. The summed E-state index contributed by atoms with van der Waals surface area (Å²) in [5, 5.41) is 0. The third-order valence-corrected chi connectivity index (χ3v) is 2.64. The van der Waals surface area contributed by atoms with Crippen LogP contribution in [0.15, 0.2) is 0 Å². The number of hydrogen-bond donors (Lipinski definition) is 0. The monoisotopic (exact) mass is 155 g/mol. The Morgan fingerprint density at radius 1 is 1.18 bits per heavy atom. The lowest BCUT2D eigenvalue weighted by Crippen LogP contribution is -2.63. The average molecular weight is 155 g/mol. The molecular weight excluding hydrogens is 142 g/mol. The van der Waals surface area contributed by atoms with Crippen molar-refractivity contribution in [3.05, 3.63) is 0 Å². The second kappa shape index (κ2) is 2.32. The molecule has 1 aliphatic rings. The van der Waals surface area contributed by atoms with Crippen molar-refractivity contribution in [2.75, 3.05) is 7.05 Å². The first-order valence-electron chi connectivity index (χ1n) is 3.92. The topological polar surface area (TPSA) is 37.4 Å². The van der Waals surface area contributed by atoms with Crippen molar-refractivity contribution in [1.82, 2.24) is 4.90 Å². The molecule has 1 saturated heterocycles. The zero-order valence-corrected chi connectivity index (χ0v) is 7.18. The summed E-state index contributed by atoms with van der Waals surface area (Å²) < 4.78 is 0. The van der Waals surface area contributed by atoms with Crippen LogP contribution in [-0.4, -0.2) is 23.8 Å². The van der Waals surface area contributed by atoms with Gasteiger partial charge in [-0.15, -0.1) is 0 Å². The van der Waals surface area contributed by atoms with E-state index in [1.165, 1.54) is 11.9 Å². The van der Waals surface area contributed by atoms with Crippen LogP contribution in [0.3, 0.4) is 0 Å². The number of amides is 2. The molecule has 0 radical (unpaired) electrons. The number of likely N-dealkylation sites (tertiary alicyclic amines) is 1. The second-order valence-corrected chi connectivity index (χ2v) is 2.96. The Labute approximate surface area is 66.4 Å². The molecular formula is C8H13NO2. The predicted octanol–water partition coefficient (Wildman–Crippen LogP) is 0.791. The van der Waals surface area contributed by atoms with E-state index in [9.17, 15) is 9.59 Å². The van der Waals surface area contributed by atoms with Crippen molar-refractivity contribution in [1.29, 1.82) is 0 Å². The summed E-state index contributed by atoms with van der Waals surface area (Å²) in [4.78, 5) is 23.7. The van der Waals surface area contributed by atoms with E-state index in [4.69, 9.17) is 0 Å². The lowest BCUT2D eigenvalue weighted by atomic mass is 9.73. The molecule has 1 heterocycles. The average Bonchev–Trinajstić information content (AvgIpc) is 2.06. The van der Waals surface area contributed by atoms with Crippen LogP contribution in [0, 0.1) is 5.41 Å². The SMILES string of the molecule is CCC1(CC)C(=O)N(C)C1=O. The van der Waals surface area contributed by atoms with E-state index < -0.39 is 5.41 Å². The number of hydrogen-bond acceptors (Lipinski definition) is 2. The van der Waals surface area contributed by atoms with E-state index in [2.05, 4.69) is 0 Å². The van der Waals surface area contributed by atoms with Crippen LogP contribution >= 0.6 is 0 Å². The van der Waals surface area contributed by atoms with Crippen molar-refractivity contribution in [3.8, 4) is 0 Å². The van der Waals surface area contributed by atoms with Gasteiger partial charge < -0.3 is 0 Å². The highest BCUT2D eigenvalue weighted by molar-refractivity contribution is 6.21. The van der Waals surface area contributed by atoms with E-state index >= 15 is 0 Å². The van der Waals surface area contributed by atoms with Crippen LogP contribution in [0.5, 0.6) is 0 Å². The Hall–Kier alpha value is -0.860. The fourth-order valence-electron chi connectivity index (χ4n) is 1.63. The highest BCUT2D eigenvalue weighted by Gasteiger charge is 2.56. The fraction of sp³-hybridized carbons (Fsp3) is 0.750. The zero-order chi connectivity index (χ0) is 8.65. The smallest absolute Gasteiger partial charge is 0.244 e. The summed E-state index contributed by atoms with van der Waals surface area (Å²) >= 11 is 0. The quantitative estimate of drug-likeness (QED) is 0.436. The van der Waals surface area contributed by atoms with Gasteiger partial charge in [-0.3, -0.25) is 14.5 Å². The Morgan fingerprint density at radius 2 is 1.55 bits per heavy atom. The van der Waals surface area contributed by atoms with E-state index in [1.54, 1.807) is 0 Å². The second-order valence-electron chi connectivity index (χ2n) is 2.96. The van der Waals surface area contributed by atoms with Gasteiger partial charge in [0, 0.05) is 7.05 Å². The summed E-state index contributed by atoms with van der Waals surface area (Å²) in [7, 11) is 1.54. The molecule has 3 heteroatoms. The van der Waals surface area contributed by atoms with Crippen LogP contribution in [0.2, 0.25) is 0 Å². The number of carbonyl (C=O) groups excluding carboxylic acids is 2. The highest BCUT2D eigenvalue weighted by atomic mass is 16.2. The maximum absolute atomic E-state index is 11.3. The fourth-order valence-corrected chi connectivity index (χ4v) is 1.63. The molecule has 0 atom stereocenters. The van der Waals surface area contributed by atoms with Gasteiger partial charge in [0.2, 0.25) is 11.8 Å². The van der Waals surface area contributed by atoms with E-state index in [0.29, 0.717) is 12.8 Å². The minimum atomic E-state index is -0.658. The van der Waals surface area contributed by atoms with Crippen molar-refractivity contribution >= 4 is 11.8 Å². The molecule has 0 saturated carbocycles. The molecule has 62 valence electrons. The summed E-state index contributed by atoms with van der Waals surface area (Å²) in [5.41, 5.74) is -0.658. The highest BCUT2D eigenvalue weighted by Crippen LogP contribution is 2.38.